The number of aryl methyl sites for hydroxylation is 1. The highest BCUT2D eigenvalue weighted by atomic mass is 16.2. The molecular weight excluding hydrogens is 332 g/mol. The van der Waals surface area contributed by atoms with Crippen LogP contribution in [0.2, 0.25) is 0 Å². The van der Waals surface area contributed by atoms with E-state index in [1.54, 1.807) is 17.9 Å². The number of hydrogen-bond acceptors (Lipinski definition) is 4. The first-order chi connectivity index (χ1) is 12.6. The molecule has 2 aromatic heterocycles. The Bertz CT molecular complexity index is 1010. The molecule has 0 spiro atoms. The first kappa shape index (κ1) is 16.6. The van der Waals surface area contributed by atoms with Crippen LogP contribution in [0.15, 0.2) is 29.3 Å². The normalized spacial score (nSPS) is 17.8. The summed E-state index contributed by atoms with van der Waals surface area (Å²) in [6.45, 7) is 3.83. The molecule has 0 radical (unpaired) electrons. The van der Waals surface area contributed by atoms with E-state index in [0.29, 0.717) is 18.7 Å². The minimum Gasteiger partial charge on any atom is -0.345 e. The van der Waals surface area contributed by atoms with Crippen molar-refractivity contribution >= 4 is 16.9 Å². The van der Waals surface area contributed by atoms with Gasteiger partial charge in [-0.3, -0.25) is 9.36 Å². The third-order valence-electron chi connectivity index (χ3n) is 5.09. The molecule has 0 bridgehead atoms. The average Bonchev–Trinajstić information content (AvgIpc) is 3.25. The smallest absolute Gasteiger partial charge is 0.345 e. The van der Waals surface area contributed by atoms with Gasteiger partial charge in [0.15, 0.2) is 0 Å². The Morgan fingerprint density at radius 3 is 3.04 bits per heavy atom. The van der Waals surface area contributed by atoms with Gasteiger partial charge in [0, 0.05) is 38.2 Å². The average molecular weight is 354 g/mol. The second-order valence-corrected chi connectivity index (χ2v) is 6.73. The van der Waals surface area contributed by atoms with Crippen LogP contribution in [0.4, 0.5) is 0 Å². The molecule has 4 rings (SSSR count). The molecule has 3 aromatic rings. The van der Waals surface area contributed by atoms with Crippen LogP contribution in [0.25, 0.3) is 11.0 Å². The van der Waals surface area contributed by atoms with E-state index in [1.165, 1.54) is 4.68 Å². The number of imidazole rings is 1. The maximum absolute atomic E-state index is 13.0. The van der Waals surface area contributed by atoms with Crippen molar-refractivity contribution in [2.45, 2.75) is 32.2 Å². The topological polar surface area (TPSA) is 88.8 Å². The number of H-pyrrole nitrogens is 1. The molecule has 1 atom stereocenters. The standard InChI is InChI=1S/C18H22N6O2/c1-3-24-16(21-22(2)18(24)26)13-5-4-8-23(10-13)17(25)12-6-7-14-15(9-12)20-11-19-14/h6-7,9,11,13H,3-5,8,10H2,1-2H3,(H,19,20). The maximum Gasteiger partial charge on any atom is 0.345 e. The first-order valence-electron chi connectivity index (χ1n) is 8.94. The van der Waals surface area contributed by atoms with Gasteiger partial charge in [-0.25, -0.2) is 14.5 Å². The van der Waals surface area contributed by atoms with Crippen molar-refractivity contribution in [3.63, 3.8) is 0 Å². The number of carbonyl (C=O) groups excluding carboxylic acids is 1. The number of benzene rings is 1. The second kappa shape index (κ2) is 6.44. The van der Waals surface area contributed by atoms with Crippen LogP contribution in [-0.2, 0) is 13.6 Å². The number of piperidine rings is 1. The molecule has 0 saturated carbocycles. The SMILES string of the molecule is CCn1c(C2CCCN(C(=O)c3ccc4nc[nH]c4c3)C2)nn(C)c1=O. The molecule has 8 heteroatoms. The van der Waals surface area contributed by atoms with E-state index in [2.05, 4.69) is 15.1 Å². The molecule has 1 N–H and O–H groups in total. The summed E-state index contributed by atoms with van der Waals surface area (Å²) in [5.74, 6) is 0.867. The number of nitrogens with zero attached hydrogens (tertiary/aromatic N) is 5. The summed E-state index contributed by atoms with van der Waals surface area (Å²) in [6.07, 6.45) is 3.46. The molecule has 8 nitrogen and oxygen atoms in total. The third kappa shape index (κ3) is 2.71. The number of likely N-dealkylation sites (tertiary alicyclic amines) is 1. The lowest BCUT2D eigenvalue weighted by molar-refractivity contribution is 0.0703. The lowest BCUT2D eigenvalue weighted by Gasteiger charge is -2.32. The fourth-order valence-electron chi connectivity index (χ4n) is 3.75. The molecule has 1 aliphatic rings. The number of fused-ring (bicyclic) bond motifs is 1. The van der Waals surface area contributed by atoms with E-state index >= 15 is 0 Å². The van der Waals surface area contributed by atoms with E-state index in [9.17, 15) is 9.59 Å². The van der Waals surface area contributed by atoms with E-state index in [1.807, 2.05) is 30.0 Å². The molecule has 1 aromatic carbocycles. The van der Waals surface area contributed by atoms with Gasteiger partial charge >= 0.3 is 5.69 Å². The van der Waals surface area contributed by atoms with Crippen molar-refractivity contribution in [3.05, 3.63) is 46.4 Å². The summed E-state index contributed by atoms with van der Waals surface area (Å²) >= 11 is 0. The van der Waals surface area contributed by atoms with Gasteiger partial charge in [0.25, 0.3) is 5.91 Å². The number of rotatable bonds is 3. The number of amides is 1. The van der Waals surface area contributed by atoms with Crippen LogP contribution < -0.4 is 5.69 Å². The molecule has 1 fully saturated rings. The highest BCUT2D eigenvalue weighted by molar-refractivity contribution is 5.97. The van der Waals surface area contributed by atoms with Crippen molar-refractivity contribution in [1.29, 1.82) is 0 Å². The van der Waals surface area contributed by atoms with E-state index in [4.69, 9.17) is 0 Å². The van der Waals surface area contributed by atoms with Gasteiger partial charge in [0.05, 0.1) is 17.4 Å². The monoisotopic (exact) mass is 354 g/mol. The van der Waals surface area contributed by atoms with Crippen LogP contribution in [0.1, 0.15) is 41.9 Å². The fourth-order valence-corrected chi connectivity index (χ4v) is 3.75. The number of aromatic amines is 1. The highest BCUT2D eigenvalue weighted by Crippen LogP contribution is 2.26. The van der Waals surface area contributed by atoms with E-state index < -0.39 is 0 Å². The predicted octanol–water partition coefficient (Wildman–Crippen LogP) is 1.50. The van der Waals surface area contributed by atoms with Gasteiger partial charge in [-0.15, -0.1) is 0 Å². The molecule has 3 heterocycles. The first-order valence-corrected chi connectivity index (χ1v) is 8.94. The fraction of sp³-hybridized carbons (Fsp3) is 0.444. The number of aromatic nitrogens is 5. The van der Waals surface area contributed by atoms with Gasteiger partial charge in [-0.05, 0) is 38.0 Å². The van der Waals surface area contributed by atoms with Gasteiger partial charge in [-0.1, -0.05) is 0 Å². The zero-order valence-electron chi connectivity index (χ0n) is 15.0. The molecule has 26 heavy (non-hydrogen) atoms. The Morgan fingerprint density at radius 1 is 1.38 bits per heavy atom. The summed E-state index contributed by atoms with van der Waals surface area (Å²) in [5.41, 5.74) is 2.25. The lowest BCUT2D eigenvalue weighted by atomic mass is 9.96. The Balaban J connectivity index is 1.59. The van der Waals surface area contributed by atoms with Crippen LogP contribution in [0, 0.1) is 0 Å². The molecule has 1 unspecified atom stereocenters. The summed E-state index contributed by atoms with van der Waals surface area (Å²) < 4.78 is 3.08. The second-order valence-electron chi connectivity index (χ2n) is 6.73. The lowest BCUT2D eigenvalue weighted by Crippen LogP contribution is -2.40. The third-order valence-corrected chi connectivity index (χ3v) is 5.09. The zero-order chi connectivity index (χ0) is 18.3. The molecule has 136 valence electrons. The summed E-state index contributed by atoms with van der Waals surface area (Å²) in [5, 5.41) is 4.42. The molecule has 1 saturated heterocycles. The summed E-state index contributed by atoms with van der Waals surface area (Å²) in [7, 11) is 1.67. The Hall–Kier alpha value is -2.90. The van der Waals surface area contributed by atoms with Crippen molar-refractivity contribution in [1.82, 2.24) is 29.2 Å². The molecule has 1 aliphatic heterocycles. The molecule has 0 aliphatic carbocycles. The van der Waals surface area contributed by atoms with Crippen molar-refractivity contribution in [2.75, 3.05) is 13.1 Å². The summed E-state index contributed by atoms with van der Waals surface area (Å²) in [4.78, 5) is 34.2. The van der Waals surface area contributed by atoms with Gasteiger partial charge in [0.1, 0.15) is 5.82 Å². The van der Waals surface area contributed by atoms with Crippen molar-refractivity contribution in [2.24, 2.45) is 7.05 Å². The van der Waals surface area contributed by atoms with Crippen LogP contribution >= 0.6 is 0 Å². The highest BCUT2D eigenvalue weighted by Gasteiger charge is 2.29. The Labute approximate surface area is 150 Å². The van der Waals surface area contributed by atoms with Crippen LogP contribution in [0.5, 0.6) is 0 Å². The van der Waals surface area contributed by atoms with E-state index in [-0.39, 0.29) is 17.5 Å². The minimum absolute atomic E-state index is 0.00697. The molecular formula is C18H22N6O2. The number of hydrogen-bond donors (Lipinski definition) is 1. The Kier molecular flexibility index (Phi) is 4.10. The van der Waals surface area contributed by atoms with Crippen molar-refractivity contribution in [3.8, 4) is 0 Å². The van der Waals surface area contributed by atoms with Gasteiger partial charge in [-0.2, -0.15) is 5.10 Å². The quantitative estimate of drug-likeness (QED) is 0.772. The van der Waals surface area contributed by atoms with Gasteiger partial charge < -0.3 is 9.88 Å². The predicted molar refractivity (Wildman–Crippen MR) is 97.1 cm³/mol. The number of carbonyl (C=O) groups is 1. The van der Waals surface area contributed by atoms with Crippen LogP contribution in [0.3, 0.4) is 0 Å². The largest absolute Gasteiger partial charge is 0.345 e. The number of nitrogens with one attached hydrogen (secondary N) is 1. The summed E-state index contributed by atoms with van der Waals surface area (Å²) in [6, 6.07) is 5.52. The zero-order valence-corrected chi connectivity index (χ0v) is 15.0. The minimum atomic E-state index is -0.101. The van der Waals surface area contributed by atoms with Crippen LogP contribution in [-0.4, -0.2) is 48.2 Å². The maximum atomic E-state index is 13.0. The van der Waals surface area contributed by atoms with Gasteiger partial charge in [0.2, 0.25) is 0 Å². The van der Waals surface area contributed by atoms with Crippen molar-refractivity contribution < 1.29 is 4.79 Å². The van der Waals surface area contributed by atoms with E-state index in [0.717, 1.165) is 36.2 Å². The molecule has 1 amide bonds. The Morgan fingerprint density at radius 2 is 2.23 bits per heavy atom.